The van der Waals surface area contributed by atoms with Gasteiger partial charge in [-0.05, 0) is 31.6 Å². The summed E-state index contributed by atoms with van der Waals surface area (Å²) >= 11 is 0. The first-order chi connectivity index (χ1) is 8.63. The van der Waals surface area contributed by atoms with E-state index in [-0.39, 0.29) is 6.61 Å². The number of hydrogen-bond donors (Lipinski definition) is 3. The molecule has 4 heteroatoms. The Hall–Kier alpha value is -1.21. The average molecular weight is 253 g/mol. The summed E-state index contributed by atoms with van der Waals surface area (Å²) in [7, 11) is 0. The molecule has 3 N–H and O–H groups in total. The van der Waals surface area contributed by atoms with Crippen molar-refractivity contribution in [1.29, 1.82) is 0 Å². The number of aliphatic hydroxyl groups is 1. The molecule has 0 aromatic heterocycles. The quantitative estimate of drug-likeness (QED) is 0.346. The van der Waals surface area contributed by atoms with Gasteiger partial charge in [0.15, 0.2) is 5.96 Å². The van der Waals surface area contributed by atoms with E-state index in [0.717, 1.165) is 31.9 Å². The molecule has 1 unspecified atom stereocenters. The largest absolute Gasteiger partial charge is 0.396 e. The molecule has 0 aliphatic heterocycles. The van der Waals surface area contributed by atoms with Gasteiger partial charge in [-0.15, -0.1) is 6.42 Å². The lowest BCUT2D eigenvalue weighted by Crippen LogP contribution is -2.37. The first-order valence-corrected chi connectivity index (χ1v) is 6.70. The molecule has 0 fully saturated rings. The van der Waals surface area contributed by atoms with Gasteiger partial charge in [0.1, 0.15) is 0 Å². The molecule has 0 saturated heterocycles. The van der Waals surface area contributed by atoms with E-state index in [0.29, 0.717) is 18.4 Å². The molecule has 1 atom stereocenters. The maximum atomic E-state index is 9.05. The minimum atomic E-state index is 0.223. The molecule has 0 spiro atoms. The Morgan fingerprint density at radius 3 is 2.61 bits per heavy atom. The van der Waals surface area contributed by atoms with Crippen LogP contribution in [-0.4, -0.2) is 37.3 Å². The minimum Gasteiger partial charge on any atom is -0.396 e. The van der Waals surface area contributed by atoms with Gasteiger partial charge >= 0.3 is 0 Å². The van der Waals surface area contributed by atoms with Gasteiger partial charge in [-0.3, -0.25) is 4.99 Å². The Bertz CT molecular complexity index is 269. The summed E-state index contributed by atoms with van der Waals surface area (Å²) < 4.78 is 0. The molecule has 0 aromatic carbocycles. The van der Waals surface area contributed by atoms with Crippen molar-refractivity contribution in [2.24, 2.45) is 16.8 Å². The fourth-order valence-electron chi connectivity index (χ4n) is 1.83. The van der Waals surface area contributed by atoms with Gasteiger partial charge in [0, 0.05) is 19.7 Å². The van der Waals surface area contributed by atoms with E-state index in [4.69, 9.17) is 11.5 Å². The molecule has 4 nitrogen and oxygen atoms in total. The number of guanidine groups is 1. The third kappa shape index (κ3) is 8.89. The third-order valence-corrected chi connectivity index (χ3v) is 2.55. The summed E-state index contributed by atoms with van der Waals surface area (Å²) in [6.45, 7) is 8.63. The van der Waals surface area contributed by atoms with Crippen LogP contribution in [0, 0.1) is 24.2 Å². The van der Waals surface area contributed by atoms with Crippen molar-refractivity contribution in [2.45, 2.75) is 33.6 Å². The lowest BCUT2D eigenvalue weighted by molar-refractivity contribution is 0.245. The van der Waals surface area contributed by atoms with Crippen LogP contribution in [-0.2, 0) is 0 Å². The molecule has 0 heterocycles. The van der Waals surface area contributed by atoms with Crippen LogP contribution < -0.4 is 10.6 Å². The summed E-state index contributed by atoms with van der Waals surface area (Å²) in [5, 5.41) is 15.3. The number of hydrogen-bond acceptors (Lipinski definition) is 2. The number of aliphatic hydroxyl groups excluding tert-OH is 1. The van der Waals surface area contributed by atoms with E-state index in [1.807, 2.05) is 6.92 Å². The highest BCUT2D eigenvalue weighted by Gasteiger charge is 2.10. The summed E-state index contributed by atoms with van der Waals surface area (Å²) in [6, 6.07) is 0. The number of nitrogens with zero attached hydrogens (tertiary/aromatic N) is 1. The normalized spacial score (nSPS) is 13.2. The van der Waals surface area contributed by atoms with Gasteiger partial charge in [-0.25, -0.2) is 0 Å². The van der Waals surface area contributed by atoms with Crippen LogP contribution in [0.15, 0.2) is 4.99 Å². The maximum Gasteiger partial charge on any atom is 0.192 e. The molecule has 0 aliphatic carbocycles. The zero-order valence-electron chi connectivity index (χ0n) is 11.9. The SMILES string of the molecule is C#CCNC(=NCC(CCO)CC(C)C)NCC. The standard InChI is InChI=1S/C14H27N3O/c1-5-8-16-14(15-6-2)17-11-13(7-9-18)10-12(3)4/h1,12-13,18H,6-11H2,2-4H3,(H2,15,16,17). The first-order valence-electron chi connectivity index (χ1n) is 6.70. The van der Waals surface area contributed by atoms with E-state index >= 15 is 0 Å². The molecule has 18 heavy (non-hydrogen) atoms. The van der Waals surface area contributed by atoms with Crippen LogP contribution in [0.2, 0.25) is 0 Å². The highest BCUT2D eigenvalue weighted by atomic mass is 16.3. The number of nitrogens with one attached hydrogen (secondary N) is 2. The molecule has 0 rings (SSSR count). The Morgan fingerprint density at radius 1 is 1.39 bits per heavy atom. The highest BCUT2D eigenvalue weighted by Crippen LogP contribution is 2.15. The van der Waals surface area contributed by atoms with E-state index in [1.54, 1.807) is 0 Å². The van der Waals surface area contributed by atoms with Crippen molar-refractivity contribution in [3.8, 4) is 12.3 Å². The maximum absolute atomic E-state index is 9.05. The van der Waals surface area contributed by atoms with E-state index < -0.39 is 0 Å². The van der Waals surface area contributed by atoms with Crippen molar-refractivity contribution in [3.63, 3.8) is 0 Å². The highest BCUT2D eigenvalue weighted by molar-refractivity contribution is 5.79. The van der Waals surface area contributed by atoms with Crippen molar-refractivity contribution in [2.75, 3.05) is 26.2 Å². The Balaban J connectivity index is 4.33. The summed E-state index contributed by atoms with van der Waals surface area (Å²) in [5.41, 5.74) is 0. The van der Waals surface area contributed by atoms with Crippen molar-refractivity contribution < 1.29 is 5.11 Å². The number of aliphatic imine (C=N–C) groups is 1. The summed E-state index contributed by atoms with van der Waals surface area (Å²) in [5.74, 6) is 4.33. The van der Waals surface area contributed by atoms with E-state index in [1.165, 1.54) is 0 Å². The van der Waals surface area contributed by atoms with Crippen LogP contribution in [0.5, 0.6) is 0 Å². The fourth-order valence-corrected chi connectivity index (χ4v) is 1.83. The zero-order chi connectivity index (χ0) is 13.8. The van der Waals surface area contributed by atoms with Crippen LogP contribution in [0.1, 0.15) is 33.6 Å². The van der Waals surface area contributed by atoms with E-state index in [2.05, 4.69) is 35.4 Å². The number of terminal acetylenes is 1. The second kappa shape index (κ2) is 10.9. The van der Waals surface area contributed by atoms with E-state index in [9.17, 15) is 0 Å². The van der Waals surface area contributed by atoms with Gasteiger partial charge in [0.05, 0.1) is 6.54 Å². The molecule has 0 aromatic rings. The molecular weight excluding hydrogens is 226 g/mol. The van der Waals surface area contributed by atoms with Crippen molar-refractivity contribution >= 4 is 5.96 Å². The molecule has 0 amide bonds. The van der Waals surface area contributed by atoms with Crippen LogP contribution in [0.25, 0.3) is 0 Å². The Morgan fingerprint density at radius 2 is 2.11 bits per heavy atom. The second-order valence-electron chi connectivity index (χ2n) is 4.79. The van der Waals surface area contributed by atoms with Gasteiger partial charge < -0.3 is 15.7 Å². The molecular formula is C14H27N3O. The molecule has 0 radical (unpaired) electrons. The van der Waals surface area contributed by atoms with Crippen molar-refractivity contribution in [3.05, 3.63) is 0 Å². The monoisotopic (exact) mass is 253 g/mol. The number of rotatable bonds is 8. The van der Waals surface area contributed by atoms with Crippen LogP contribution >= 0.6 is 0 Å². The summed E-state index contributed by atoms with van der Waals surface area (Å²) in [4.78, 5) is 4.51. The van der Waals surface area contributed by atoms with Crippen molar-refractivity contribution in [1.82, 2.24) is 10.6 Å². The second-order valence-corrected chi connectivity index (χ2v) is 4.79. The summed E-state index contributed by atoms with van der Waals surface area (Å²) in [6.07, 6.45) is 7.10. The first kappa shape index (κ1) is 16.8. The lowest BCUT2D eigenvalue weighted by Gasteiger charge is -2.17. The molecule has 0 saturated carbocycles. The van der Waals surface area contributed by atoms with Gasteiger partial charge in [-0.2, -0.15) is 0 Å². The molecule has 104 valence electrons. The van der Waals surface area contributed by atoms with Crippen LogP contribution in [0.4, 0.5) is 0 Å². The predicted octanol–water partition coefficient (Wildman–Crippen LogP) is 1.22. The van der Waals surface area contributed by atoms with Gasteiger partial charge in [0.2, 0.25) is 0 Å². The minimum absolute atomic E-state index is 0.223. The Labute approximate surface area is 111 Å². The average Bonchev–Trinajstić information content (AvgIpc) is 2.32. The fraction of sp³-hybridized carbons (Fsp3) is 0.786. The molecule has 0 bridgehead atoms. The van der Waals surface area contributed by atoms with Gasteiger partial charge in [-0.1, -0.05) is 19.8 Å². The smallest absolute Gasteiger partial charge is 0.192 e. The van der Waals surface area contributed by atoms with Crippen LogP contribution in [0.3, 0.4) is 0 Å². The zero-order valence-corrected chi connectivity index (χ0v) is 11.9. The third-order valence-electron chi connectivity index (χ3n) is 2.55. The topological polar surface area (TPSA) is 56.7 Å². The Kier molecular flexibility index (Phi) is 10.2. The predicted molar refractivity (Wildman–Crippen MR) is 77.5 cm³/mol. The molecule has 0 aliphatic rings. The lowest BCUT2D eigenvalue weighted by atomic mass is 9.94. The van der Waals surface area contributed by atoms with Gasteiger partial charge in [0.25, 0.3) is 0 Å².